The number of rotatable bonds is 5. The van der Waals surface area contributed by atoms with Crippen LogP contribution in [-0.2, 0) is 4.74 Å². The Morgan fingerprint density at radius 1 is 1.50 bits per heavy atom. The number of nitrogens with one attached hydrogen (secondary N) is 1. The molecular formula is C15H19FN2O2. The number of hydrogen-bond donors (Lipinski definition) is 2. The van der Waals surface area contributed by atoms with Gasteiger partial charge in [0.1, 0.15) is 5.82 Å². The predicted molar refractivity (Wildman–Crippen MR) is 75.8 cm³/mol. The third-order valence-electron chi connectivity index (χ3n) is 2.38. The van der Waals surface area contributed by atoms with Crippen molar-refractivity contribution in [1.29, 1.82) is 0 Å². The second-order valence-corrected chi connectivity index (χ2v) is 4.38. The first kappa shape index (κ1) is 16.2. The van der Waals surface area contributed by atoms with Crippen LogP contribution in [0.15, 0.2) is 18.2 Å². The predicted octanol–water partition coefficient (Wildman–Crippen LogP) is 1.29. The lowest BCUT2D eigenvalue weighted by molar-refractivity contribution is 0.0745. The van der Waals surface area contributed by atoms with Gasteiger partial charge in [0.05, 0.1) is 24.8 Å². The quantitative estimate of drug-likeness (QED) is 0.630. The molecule has 1 rings (SSSR count). The molecule has 3 N–H and O–H groups in total. The van der Waals surface area contributed by atoms with E-state index in [1.165, 1.54) is 18.2 Å². The van der Waals surface area contributed by atoms with E-state index >= 15 is 0 Å². The second-order valence-electron chi connectivity index (χ2n) is 4.38. The minimum atomic E-state index is -0.578. The molecule has 0 bridgehead atoms. The lowest BCUT2D eigenvalue weighted by atomic mass is 10.1. The zero-order chi connectivity index (χ0) is 15.0. The summed E-state index contributed by atoms with van der Waals surface area (Å²) in [6.07, 6.45) is 0.0958. The van der Waals surface area contributed by atoms with Gasteiger partial charge in [-0.15, -0.1) is 0 Å². The normalized spacial score (nSPS) is 10.1. The van der Waals surface area contributed by atoms with Crippen molar-refractivity contribution in [2.75, 3.05) is 19.7 Å². The van der Waals surface area contributed by atoms with Crippen LogP contribution >= 0.6 is 0 Å². The van der Waals surface area contributed by atoms with Gasteiger partial charge in [0.15, 0.2) is 0 Å². The van der Waals surface area contributed by atoms with Crippen LogP contribution in [0.2, 0.25) is 0 Å². The Labute approximate surface area is 118 Å². The third kappa shape index (κ3) is 5.39. The van der Waals surface area contributed by atoms with Crippen LogP contribution in [0.25, 0.3) is 0 Å². The van der Waals surface area contributed by atoms with Gasteiger partial charge in [-0.25, -0.2) is 4.39 Å². The Morgan fingerprint density at radius 3 is 2.90 bits per heavy atom. The van der Waals surface area contributed by atoms with Crippen molar-refractivity contribution in [1.82, 2.24) is 5.32 Å². The number of carbonyl (C=O) groups excluding carboxylic acids is 1. The van der Waals surface area contributed by atoms with E-state index in [-0.39, 0.29) is 18.2 Å². The van der Waals surface area contributed by atoms with Crippen LogP contribution in [0, 0.1) is 17.7 Å². The van der Waals surface area contributed by atoms with E-state index in [4.69, 9.17) is 10.5 Å². The Hall–Kier alpha value is -1.90. The van der Waals surface area contributed by atoms with Crippen LogP contribution < -0.4 is 11.1 Å². The van der Waals surface area contributed by atoms with Crippen molar-refractivity contribution in [2.24, 2.45) is 5.73 Å². The fourth-order valence-corrected chi connectivity index (χ4v) is 1.48. The summed E-state index contributed by atoms with van der Waals surface area (Å²) >= 11 is 0. The maximum atomic E-state index is 13.6. The summed E-state index contributed by atoms with van der Waals surface area (Å²) in [7, 11) is 0. The molecule has 0 aliphatic rings. The van der Waals surface area contributed by atoms with Crippen molar-refractivity contribution in [2.45, 2.75) is 20.0 Å². The van der Waals surface area contributed by atoms with Gasteiger partial charge in [-0.1, -0.05) is 11.8 Å². The van der Waals surface area contributed by atoms with Crippen LogP contribution in [0.1, 0.15) is 29.8 Å². The van der Waals surface area contributed by atoms with Gasteiger partial charge in [0.2, 0.25) is 0 Å². The number of benzene rings is 1. The van der Waals surface area contributed by atoms with E-state index in [0.717, 1.165) is 0 Å². The Morgan fingerprint density at radius 2 is 2.25 bits per heavy atom. The van der Waals surface area contributed by atoms with E-state index in [0.29, 0.717) is 18.7 Å². The molecule has 5 heteroatoms. The van der Waals surface area contributed by atoms with Gasteiger partial charge < -0.3 is 15.8 Å². The van der Waals surface area contributed by atoms with E-state index in [2.05, 4.69) is 17.2 Å². The SMILES string of the molecule is CC(C)OCCNC(=O)c1cc(C#CCN)ccc1F. The molecule has 0 unspecified atom stereocenters. The number of nitrogens with two attached hydrogens (primary N) is 1. The molecule has 0 aliphatic heterocycles. The largest absolute Gasteiger partial charge is 0.377 e. The smallest absolute Gasteiger partial charge is 0.254 e. The van der Waals surface area contributed by atoms with Gasteiger partial charge in [0, 0.05) is 12.1 Å². The first-order valence-electron chi connectivity index (χ1n) is 6.43. The molecule has 0 saturated heterocycles. The summed E-state index contributed by atoms with van der Waals surface area (Å²) in [5, 5.41) is 2.60. The summed E-state index contributed by atoms with van der Waals surface area (Å²) in [5.74, 6) is 4.36. The monoisotopic (exact) mass is 278 g/mol. The fourth-order valence-electron chi connectivity index (χ4n) is 1.48. The Balaban J connectivity index is 2.67. The summed E-state index contributed by atoms with van der Waals surface area (Å²) in [6.45, 7) is 4.74. The molecule has 1 aromatic rings. The van der Waals surface area contributed by atoms with Crippen LogP contribution in [0.5, 0.6) is 0 Å². The Kier molecular flexibility index (Phi) is 6.71. The molecule has 0 saturated carbocycles. The molecule has 0 radical (unpaired) electrons. The molecule has 0 aromatic heterocycles. The first-order chi connectivity index (χ1) is 9.54. The maximum Gasteiger partial charge on any atom is 0.254 e. The number of amides is 1. The highest BCUT2D eigenvalue weighted by atomic mass is 19.1. The zero-order valence-electron chi connectivity index (χ0n) is 11.7. The summed E-state index contributed by atoms with van der Waals surface area (Å²) in [4.78, 5) is 11.9. The fraction of sp³-hybridized carbons (Fsp3) is 0.400. The Bertz CT molecular complexity index is 518. The highest BCUT2D eigenvalue weighted by Gasteiger charge is 2.11. The average molecular weight is 278 g/mol. The van der Waals surface area contributed by atoms with Crippen LogP contribution in [-0.4, -0.2) is 31.7 Å². The molecule has 20 heavy (non-hydrogen) atoms. The van der Waals surface area contributed by atoms with E-state index in [9.17, 15) is 9.18 Å². The van der Waals surface area contributed by atoms with E-state index in [1.807, 2.05) is 13.8 Å². The second kappa shape index (κ2) is 8.31. The molecule has 108 valence electrons. The van der Waals surface area contributed by atoms with Gasteiger partial charge in [-0.05, 0) is 32.0 Å². The van der Waals surface area contributed by atoms with E-state index in [1.54, 1.807) is 0 Å². The lowest BCUT2D eigenvalue weighted by Crippen LogP contribution is -2.28. The van der Waals surface area contributed by atoms with Crippen molar-refractivity contribution in [3.8, 4) is 11.8 Å². The molecule has 0 heterocycles. The van der Waals surface area contributed by atoms with Crippen molar-refractivity contribution >= 4 is 5.91 Å². The topological polar surface area (TPSA) is 64.3 Å². The van der Waals surface area contributed by atoms with Gasteiger partial charge >= 0.3 is 0 Å². The number of halogens is 1. The van der Waals surface area contributed by atoms with Gasteiger partial charge in [0.25, 0.3) is 5.91 Å². The highest BCUT2D eigenvalue weighted by Crippen LogP contribution is 2.10. The molecule has 1 amide bonds. The molecule has 0 spiro atoms. The highest BCUT2D eigenvalue weighted by molar-refractivity contribution is 5.94. The summed E-state index contributed by atoms with van der Waals surface area (Å²) in [6, 6.07) is 4.15. The number of ether oxygens (including phenoxy) is 1. The molecule has 0 atom stereocenters. The third-order valence-corrected chi connectivity index (χ3v) is 2.38. The van der Waals surface area contributed by atoms with Crippen LogP contribution in [0.4, 0.5) is 4.39 Å². The summed E-state index contributed by atoms with van der Waals surface area (Å²) < 4.78 is 18.9. The molecule has 1 aromatic carbocycles. The minimum absolute atomic E-state index is 0.0293. The summed E-state index contributed by atoms with van der Waals surface area (Å²) in [5.41, 5.74) is 5.80. The molecule has 0 fully saturated rings. The molecule has 0 aliphatic carbocycles. The van der Waals surface area contributed by atoms with Crippen molar-refractivity contribution in [3.05, 3.63) is 35.1 Å². The first-order valence-corrected chi connectivity index (χ1v) is 6.43. The molecular weight excluding hydrogens is 259 g/mol. The van der Waals surface area contributed by atoms with Gasteiger partial charge in [-0.2, -0.15) is 0 Å². The van der Waals surface area contributed by atoms with Crippen molar-refractivity contribution < 1.29 is 13.9 Å². The number of carbonyl (C=O) groups is 1. The minimum Gasteiger partial charge on any atom is -0.377 e. The average Bonchev–Trinajstić information content (AvgIpc) is 2.42. The van der Waals surface area contributed by atoms with Crippen molar-refractivity contribution in [3.63, 3.8) is 0 Å². The maximum absolute atomic E-state index is 13.6. The zero-order valence-corrected chi connectivity index (χ0v) is 11.7. The standard InChI is InChI=1S/C15H19FN2O2/c1-11(2)20-9-8-18-15(19)13-10-12(4-3-7-17)5-6-14(13)16/h5-6,10-11H,7-9,17H2,1-2H3,(H,18,19). The lowest BCUT2D eigenvalue weighted by Gasteiger charge is -2.09. The number of hydrogen-bond acceptors (Lipinski definition) is 3. The molecule has 4 nitrogen and oxygen atoms in total. The van der Waals surface area contributed by atoms with Crippen LogP contribution in [0.3, 0.4) is 0 Å². The van der Waals surface area contributed by atoms with Gasteiger partial charge in [-0.3, -0.25) is 4.79 Å². The van der Waals surface area contributed by atoms with E-state index < -0.39 is 11.7 Å².